The SMILES string of the molecule is CCN(CC(=O)OC)c1ccc([N+](=O)[O-])c(C(F)(F)F)c1. The van der Waals surface area contributed by atoms with Gasteiger partial charge in [-0.2, -0.15) is 13.2 Å². The molecule has 0 amide bonds. The summed E-state index contributed by atoms with van der Waals surface area (Å²) in [5, 5.41) is 10.7. The number of carbonyl (C=O) groups is 1. The maximum atomic E-state index is 12.9. The van der Waals surface area contributed by atoms with E-state index < -0.39 is 28.3 Å². The van der Waals surface area contributed by atoms with Crippen molar-refractivity contribution in [1.82, 2.24) is 0 Å². The van der Waals surface area contributed by atoms with E-state index in [0.717, 1.165) is 13.2 Å². The normalized spacial score (nSPS) is 11.1. The number of hydrogen-bond donors (Lipinski definition) is 0. The fourth-order valence-electron chi connectivity index (χ4n) is 1.71. The highest BCUT2D eigenvalue weighted by molar-refractivity contribution is 5.76. The van der Waals surface area contributed by atoms with Gasteiger partial charge in [-0.25, -0.2) is 0 Å². The van der Waals surface area contributed by atoms with Crippen LogP contribution in [-0.2, 0) is 15.7 Å². The smallest absolute Gasteiger partial charge is 0.423 e. The highest BCUT2D eigenvalue weighted by atomic mass is 19.4. The Morgan fingerprint density at radius 1 is 1.43 bits per heavy atom. The van der Waals surface area contributed by atoms with Gasteiger partial charge in [0.15, 0.2) is 0 Å². The molecule has 9 heteroatoms. The molecule has 0 fully saturated rings. The summed E-state index contributed by atoms with van der Waals surface area (Å²) in [6.07, 6.45) is -4.86. The lowest BCUT2D eigenvalue weighted by Crippen LogP contribution is -2.30. The van der Waals surface area contributed by atoms with Crippen LogP contribution >= 0.6 is 0 Å². The Kier molecular flexibility index (Phi) is 5.12. The van der Waals surface area contributed by atoms with E-state index in [2.05, 4.69) is 4.74 Å². The first-order chi connectivity index (χ1) is 9.70. The van der Waals surface area contributed by atoms with Gasteiger partial charge in [-0.3, -0.25) is 14.9 Å². The molecule has 6 nitrogen and oxygen atoms in total. The van der Waals surface area contributed by atoms with E-state index in [1.165, 1.54) is 11.0 Å². The predicted molar refractivity (Wildman–Crippen MR) is 68.0 cm³/mol. The van der Waals surface area contributed by atoms with Crippen molar-refractivity contribution < 1.29 is 27.6 Å². The van der Waals surface area contributed by atoms with Crippen molar-refractivity contribution in [2.45, 2.75) is 13.1 Å². The Morgan fingerprint density at radius 2 is 2.05 bits per heavy atom. The highest BCUT2D eigenvalue weighted by Crippen LogP contribution is 2.38. The molecule has 0 spiro atoms. The van der Waals surface area contributed by atoms with E-state index in [0.29, 0.717) is 6.07 Å². The molecule has 0 N–H and O–H groups in total. The van der Waals surface area contributed by atoms with Crippen molar-refractivity contribution in [2.24, 2.45) is 0 Å². The van der Waals surface area contributed by atoms with Crippen molar-refractivity contribution in [2.75, 3.05) is 25.1 Å². The maximum Gasteiger partial charge on any atom is 0.423 e. The van der Waals surface area contributed by atoms with E-state index in [-0.39, 0.29) is 18.8 Å². The third-order valence-electron chi connectivity index (χ3n) is 2.78. The van der Waals surface area contributed by atoms with Gasteiger partial charge in [0.25, 0.3) is 5.69 Å². The van der Waals surface area contributed by atoms with Crippen LogP contribution in [0.2, 0.25) is 0 Å². The molecule has 1 aromatic rings. The number of esters is 1. The number of benzene rings is 1. The molecular formula is C12H13F3N2O4. The number of likely N-dealkylation sites (N-methyl/N-ethyl adjacent to an activating group) is 1. The number of anilines is 1. The Labute approximate surface area is 118 Å². The number of alkyl halides is 3. The van der Waals surface area contributed by atoms with E-state index in [1.807, 2.05) is 0 Å². The van der Waals surface area contributed by atoms with Crippen molar-refractivity contribution >= 4 is 17.3 Å². The third-order valence-corrected chi connectivity index (χ3v) is 2.78. The van der Waals surface area contributed by atoms with Gasteiger partial charge in [-0.15, -0.1) is 0 Å². The molecule has 0 saturated heterocycles. The molecule has 1 rings (SSSR count). The van der Waals surface area contributed by atoms with Gasteiger partial charge in [0, 0.05) is 18.3 Å². The standard InChI is InChI=1S/C12H13F3N2O4/c1-3-16(7-11(18)21-2)8-4-5-10(17(19)20)9(6-8)12(13,14)15/h4-6H,3,7H2,1-2H3. The van der Waals surface area contributed by atoms with Crippen LogP contribution in [0.1, 0.15) is 12.5 Å². The van der Waals surface area contributed by atoms with E-state index in [9.17, 15) is 28.1 Å². The first-order valence-electron chi connectivity index (χ1n) is 5.88. The quantitative estimate of drug-likeness (QED) is 0.475. The van der Waals surface area contributed by atoms with Gasteiger partial charge in [-0.1, -0.05) is 0 Å². The first-order valence-corrected chi connectivity index (χ1v) is 5.88. The zero-order valence-corrected chi connectivity index (χ0v) is 11.3. The Morgan fingerprint density at radius 3 is 2.48 bits per heavy atom. The molecule has 0 aliphatic rings. The molecule has 0 radical (unpaired) electrons. The summed E-state index contributed by atoms with van der Waals surface area (Å²) < 4.78 is 43.1. The minimum atomic E-state index is -4.86. The fourth-order valence-corrected chi connectivity index (χ4v) is 1.71. The molecule has 116 valence electrons. The summed E-state index contributed by atoms with van der Waals surface area (Å²) in [6.45, 7) is 1.63. The molecule has 0 heterocycles. The number of carbonyl (C=O) groups excluding carboxylic acids is 1. The molecular weight excluding hydrogens is 293 g/mol. The van der Waals surface area contributed by atoms with Crippen molar-refractivity contribution in [1.29, 1.82) is 0 Å². The van der Waals surface area contributed by atoms with Crippen LogP contribution in [0, 0.1) is 10.1 Å². The average Bonchev–Trinajstić information content (AvgIpc) is 2.42. The second-order valence-corrected chi connectivity index (χ2v) is 4.05. The monoisotopic (exact) mass is 306 g/mol. The lowest BCUT2D eigenvalue weighted by atomic mass is 10.1. The zero-order valence-electron chi connectivity index (χ0n) is 11.3. The lowest BCUT2D eigenvalue weighted by Gasteiger charge is -2.22. The van der Waals surface area contributed by atoms with E-state index in [1.54, 1.807) is 6.92 Å². The van der Waals surface area contributed by atoms with Crippen LogP contribution in [0.15, 0.2) is 18.2 Å². The van der Waals surface area contributed by atoms with Crippen molar-refractivity contribution in [3.63, 3.8) is 0 Å². The van der Waals surface area contributed by atoms with Crippen LogP contribution in [0.3, 0.4) is 0 Å². The van der Waals surface area contributed by atoms with Gasteiger partial charge in [0.2, 0.25) is 0 Å². The summed E-state index contributed by atoms with van der Waals surface area (Å²) in [4.78, 5) is 22.1. The third kappa shape index (κ3) is 4.07. The number of nitrogens with zero attached hydrogens (tertiary/aromatic N) is 2. The van der Waals surface area contributed by atoms with E-state index in [4.69, 9.17) is 0 Å². The number of hydrogen-bond acceptors (Lipinski definition) is 5. The van der Waals surface area contributed by atoms with Gasteiger partial charge in [-0.05, 0) is 19.1 Å². The van der Waals surface area contributed by atoms with Crippen LogP contribution < -0.4 is 4.90 Å². The molecule has 0 bridgehead atoms. The average molecular weight is 306 g/mol. The molecule has 21 heavy (non-hydrogen) atoms. The Balaban J connectivity index is 3.26. The molecule has 0 atom stereocenters. The van der Waals surface area contributed by atoms with Crippen molar-refractivity contribution in [3.05, 3.63) is 33.9 Å². The van der Waals surface area contributed by atoms with Gasteiger partial charge in [0.1, 0.15) is 12.1 Å². The molecule has 0 aliphatic heterocycles. The number of rotatable bonds is 5. The number of halogens is 3. The van der Waals surface area contributed by atoms with Crippen LogP contribution in [0.5, 0.6) is 0 Å². The first kappa shape index (κ1) is 16.7. The van der Waals surface area contributed by atoms with Crippen LogP contribution in [-0.4, -0.2) is 31.1 Å². The minimum Gasteiger partial charge on any atom is -0.468 e. The highest BCUT2D eigenvalue weighted by Gasteiger charge is 2.38. The predicted octanol–water partition coefficient (Wildman–Crippen LogP) is 2.61. The largest absolute Gasteiger partial charge is 0.468 e. The topological polar surface area (TPSA) is 72.7 Å². The van der Waals surface area contributed by atoms with E-state index >= 15 is 0 Å². The summed E-state index contributed by atoms with van der Waals surface area (Å²) >= 11 is 0. The second-order valence-electron chi connectivity index (χ2n) is 4.05. The lowest BCUT2D eigenvalue weighted by molar-refractivity contribution is -0.388. The summed E-state index contributed by atoms with van der Waals surface area (Å²) in [6, 6.07) is 2.60. The summed E-state index contributed by atoms with van der Waals surface area (Å²) in [7, 11) is 1.16. The molecule has 0 saturated carbocycles. The van der Waals surface area contributed by atoms with Crippen LogP contribution in [0.4, 0.5) is 24.5 Å². The molecule has 1 aromatic carbocycles. The maximum absolute atomic E-state index is 12.9. The van der Waals surface area contributed by atoms with Gasteiger partial charge in [0.05, 0.1) is 12.0 Å². The van der Waals surface area contributed by atoms with Crippen molar-refractivity contribution in [3.8, 4) is 0 Å². The molecule has 0 unspecified atom stereocenters. The van der Waals surface area contributed by atoms with Gasteiger partial charge >= 0.3 is 12.1 Å². The number of nitro benzene ring substituents is 1. The Bertz CT molecular complexity index is 546. The fraction of sp³-hybridized carbons (Fsp3) is 0.417. The Hall–Kier alpha value is -2.32. The number of methoxy groups -OCH3 is 1. The zero-order chi connectivity index (χ0) is 16.2. The molecule has 0 aliphatic carbocycles. The summed E-state index contributed by atoms with van der Waals surface area (Å²) in [5.74, 6) is -0.622. The second kappa shape index (κ2) is 6.42. The molecule has 0 aromatic heterocycles. The minimum absolute atomic E-state index is 0.0563. The van der Waals surface area contributed by atoms with Gasteiger partial charge < -0.3 is 9.64 Å². The van der Waals surface area contributed by atoms with Crippen LogP contribution in [0.25, 0.3) is 0 Å². The summed E-state index contributed by atoms with van der Waals surface area (Å²) in [5.41, 5.74) is -2.32. The number of ether oxygens (including phenoxy) is 1. The number of nitro groups is 1.